The second kappa shape index (κ2) is 9.25. The lowest BCUT2D eigenvalue weighted by Crippen LogP contribution is -2.47. The van der Waals surface area contributed by atoms with Crippen molar-refractivity contribution in [3.05, 3.63) is 72.3 Å². The molecule has 178 valence electrons. The zero-order valence-corrected chi connectivity index (χ0v) is 19.7. The number of fused-ring (bicyclic) bond motifs is 1. The van der Waals surface area contributed by atoms with Crippen molar-refractivity contribution in [1.82, 2.24) is 10.2 Å². The van der Waals surface area contributed by atoms with Crippen LogP contribution in [0.2, 0.25) is 0 Å². The lowest BCUT2D eigenvalue weighted by molar-refractivity contribution is -0.152. The molecule has 2 N–H and O–H groups in total. The highest BCUT2D eigenvalue weighted by molar-refractivity contribution is 5.83. The van der Waals surface area contributed by atoms with Crippen LogP contribution in [0, 0.1) is 0 Å². The summed E-state index contributed by atoms with van der Waals surface area (Å²) in [5, 5.41) is 14.6. The Labute approximate surface area is 199 Å². The molecular weight excluding hydrogens is 432 g/mol. The first-order valence-electron chi connectivity index (χ1n) is 11.3. The van der Waals surface area contributed by atoms with Gasteiger partial charge in [0.2, 0.25) is 0 Å². The molecule has 0 aliphatic carbocycles. The standard InChI is InChI=1S/C27H30N2O5/c1-26(2,24(30)31)34-23-12-10-22(11-13-23)33-15-14-27(18-28-25(32)29(27)3)17-19-8-9-20-6-4-5-7-21(20)16-19/h4-13,16H,14-15,17-18H2,1-3H3,(H,28,32)(H,30,31). The van der Waals surface area contributed by atoms with Gasteiger partial charge in [0, 0.05) is 20.0 Å². The van der Waals surface area contributed by atoms with E-state index in [2.05, 4.69) is 35.6 Å². The smallest absolute Gasteiger partial charge is 0.347 e. The summed E-state index contributed by atoms with van der Waals surface area (Å²) in [4.78, 5) is 25.4. The fourth-order valence-corrected chi connectivity index (χ4v) is 4.25. The molecule has 0 radical (unpaired) electrons. The van der Waals surface area contributed by atoms with Gasteiger partial charge in [0.25, 0.3) is 0 Å². The molecule has 1 fully saturated rings. The number of nitrogens with one attached hydrogen (secondary N) is 1. The molecular formula is C27H30N2O5. The van der Waals surface area contributed by atoms with Gasteiger partial charge in [-0.25, -0.2) is 9.59 Å². The van der Waals surface area contributed by atoms with Crippen molar-refractivity contribution >= 4 is 22.8 Å². The van der Waals surface area contributed by atoms with Crippen molar-refractivity contribution in [1.29, 1.82) is 0 Å². The minimum Gasteiger partial charge on any atom is -0.494 e. The molecule has 1 aliphatic heterocycles. The van der Waals surface area contributed by atoms with Gasteiger partial charge in [-0.2, -0.15) is 0 Å². The first-order valence-corrected chi connectivity index (χ1v) is 11.3. The first kappa shape index (κ1) is 23.4. The zero-order chi connectivity index (χ0) is 24.3. The Balaban J connectivity index is 1.43. The maximum atomic E-state index is 12.3. The van der Waals surface area contributed by atoms with Gasteiger partial charge in [-0.3, -0.25) is 0 Å². The summed E-state index contributed by atoms with van der Waals surface area (Å²) in [7, 11) is 1.83. The number of likely N-dealkylation sites (N-methyl/N-ethyl adjacent to an activating group) is 1. The van der Waals surface area contributed by atoms with Crippen LogP contribution in [0.3, 0.4) is 0 Å². The molecule has 0 saturated carbocycles. The second-order valence-electron chi connectivity index (χ2n) is 9.29. The van der Waals surface area contributed by atoms with Crippen molar-refractivity contribution in [3.63, 3.8) is 0 Å². The molecule has 4 rings (SSSR count). The van der Waals surface area contributed by atoms with E-state index < -0.39 is 17.1 Å². The number of ether oxygens (including phenoxy) is 2. The highest BCUT2D eigenvalue weighted by Crippen LogP contribution is 2.30. The van der Waals surface area contributed by atoms with Crippen LogP contribution in [0.25, 0.3) is 10.8 Å². The maximum absolute atomic E-state index is 12.3. The summed E-state index contributed by atoms with van der Waals surface area (Å²) >= 11 is 0. The molecule has 2 amide bonds. The Morgan fingerprint density at radius 3 is 2.38 bits per heavy atom. The molecule has 1 atom stereocenters. The van der Waals surface area contributed by atoms with Gasteiger partial charge in [-0.15, -0.1) is 0 Å². The van der Waals surface area contributed by atoms with Crippen molar-refractivity contribution in [2.45, 2.75) is 37.8 Å². The lowest BCUT2D eigenvalue weighted by Gasteiger charge is -2.35. The number of carboxylic acid groups (broad SMARTS) is 1. The molecule has 7 nitrogen and oxygen atoms in total. The predicted molar refractivity (Wildman–Crippen MR) is 130 cm³/mol. The average molecular weight is 463 g/mol. The topological polar surface area (TPSA) is 88.1 Å². The molecule has 1 heterocycles. The maximum Gasteiger partial charge on any atom is 0.347 e. The molecule has 1 aliphatic rings. The van der Waals surface area contributed by atoms with E-state index in [1.807, 2.05) is 19.2 Å². The number of carbonyl (C=O) groups excluding carboxylic acids is 1. The number of aliphatic carboxylic acids is 1. The number of hydrogen-bond acceptors (Lipinski definition) is 4. The molecule has 3 aromatic carbocycles. The lowest BCUT2D eigenvalue weighted by atomic mass is 9.87. The minimum absolute atomic E-state index is 0.0802. The van der Waals surface area contributed by atoms with Gasteiger partial charge < -0.3 is 24.8 Å². The number of carbonyl (C=O) groups is 2. The molecule has 7 heteroatoms. The quantitative estimate of drug-likeness (QED) is 0.489. The van der Waals surface area contributed by atoms with Crippen molar-refractivity contribution in [2.24, 2.45) is 0 Å². The Morgan fingerprint density at radius 2 is 1.74 bits per heavy atom. The normalized spacial score (nSPS) is 18.1. The van der Waals surface area contributed by atoms with E-state index in [-0.39, 0.29) is 6.03 Å². The Bertz CT molecular complexity index is 1190. The van der Waals surface area contributed by atoms with E-state index in [9.17, 15) is 14.7 Å². The summed E-state index contributed by atoms with van der Waals surface area (Å²) in [5.74, 6) is 0.0764. The summed E-state index contributed by atoms with van der Waals surface area (Å²) in [6, 6.07) is 21.5. The van der Waals surface area contributed by atoms with Crippen LogP contribution in [0.15, 0.2) is 66.7 Å². The summed E-state index contributed by atoms with van der Waals surface area (Å²) in [5.41, 5.74) is -0.539. The van der Waals surface area contributed by atoms with E-state index in [1.54, 1.807) is 29.2 Å². The van der Waals surface area contributed by atoms with Gasteiger partial charge in [0.1, 0.15) is 11.5 Å². The number of rotatable bonds is 9. The first-order chi connectivity index (χ1) is 16.2. The molecule has 0 spiro atoms. The third kappa shape index (κ3) is 4.93. The summed E-state index contributed by atoms with van der Waals surface area (Å²) < 4.78 is 11.5. The third-order valence-electron chi connectivity index (χ3n) is 6.48. The SMILES string of the molecule is CN1C(=O)NCC1(CCOc1ccc(OC(C)(C)C(=O)O)cc1)Cc1ccc2ccccc2c1. The van der Waals surface area contributed by atoms with Crippen molar-refractivity contribution < 1.29 is 24.2 Å². The molecule has 1 saturated heterocycles. The van der Waals surface area contributed by atoms with E-state index >= 15 is 0 Å². The van der Waals surface area contributed by atoms with Crippen molar-refractivity contribution in [2.75, 3.05) is 20.2 Å². The number of benzene rings is 3. The number of hydrogen-bond donors (Lipinski definition) is 2. The van der Waals surface area contributed by atoms with Crippen LogP contribution in [0.5, 0.6) is 11.5 Å². The Morgan fingerprint density at radius 1 is 1.06 bits per heavy atom. The van der Waals surface area contributed by atoms with Crippen LogP contribution in [-0.2, 0) is 11.2 Å². The van der Waals surface area contributed by atoms with Gasteiger partial charge in [0.15, 0.2) is 5.60 Å². The van der Waals surface area contributed by atoms with Gasteiger partial charge in [0.05, 0.1) is 12.1 Å². The minimum atomic E-state index is -1.32. The van der Waals surface area contributed by atoms with Crippen LogP contribution in [0.4, 0.5) is 4.79 Å². The van der Waals surface area contributed by atoms with Crippen LogP contribution < -0.4 is 14.8 Å². The summed E-state index contributed by atoms with van der Waals surface area (Å²) in [6.45, 7) is 3.98. The molecule has 0 aromatic heterocycles. The third-order valence-corrected chi connectivity index (χ3v) is 6.48. The van der Waals surface area contributed by atoms with E-state index in [4.69, 9.17) is 9.47 Å². The number of carboxylic acids is 1. The second-order valence-corrected chi connectivity index (χ2v) is 9.29. The number of urea groups is 1. The highest BCUT2D eigenvalue weighted by Gasteiger charge is 2.43. The average Bonchev–Trinajstić information content (AvgIpc) is 3.08. The van der Waals surface area contributed by atoms with Gasteiger partial charge in [-0.05, 0) is 60.9 Å². The Kier molecular flexibility index (Phi) is 6.37. The zero-order valence-electron chi connectivity index (χ0n) is 19.7. The summed E-state index contributed by atoms with van der Waals surface area (Å²) in [6.07, 6.45) is 1.37. The predicted octanol–water partition coefficient (Wildman–Crippen LogP) is 4.49. The van der Waals surface area contributed by atoms with Crippen LogP contribution >= 0.6 is 0 Å². The number of nitrogens with zero attached hydrogens (tertiary/aromatic N) is 1. The van der Waals surface area contributed by atoms with Gasteiger partial charge >= 0.3 is 12.0 Å². The van der Waals surface area contributed by atoms with Crippen molar-refractivity contribution in [3.8, 4) is 11.5 Å². The van der Waals surface area contributed by atoms with Crippen LogP contribution in [0.1, 0.15) is 25.8 Å². The van der Waals surface area contributed by atoms with E-state index in [0.29, 0.717) is 37.5 Å². The van der Waals surface area contributed by atoms with E-state index in [0.717, 1.165) is 0 Å². The fraction of sp³-hybridized carbons (Fsp3) is 0.333. The van der Waals surface area contributed by atoms with E-state index in [1.165, 1.54) is 30.2 Å². The van der Waals surface area contributed by atoms with Crippen LogP contribution in [-0.4, -0.2) is 53.3 Å². The van der Waals surface area contributed by atoms with Gasteiger partial charge in [-0.1, -0.05) is 42.5 Å². The monoisotopic (exact) mass is 462 g/mol. The number of amides is 2. The molecule has 34 heavy (non-hydrogen) atoms. The largest absolute Gasteiger partial charge is 0.494 e. The highest BCUT2D eigenvalue weighted by atomic mass is 16.5. The molecule has 1 unspecified atom stereocenters. The fourth-order valence-electron chi connectivity index (χ4n) is 4.25. The Hall–Kier alpha value is -3.74. The molecule has 0 bridgehead atoms. The molecule has 3 aromatic rings.